The zero-order valence-electron chi connectivity index (χ0n) is 15.2. The van der Waals surface area contributed by atoms with Crippen molar-refractivity contribution in [1.29, 1.82) is 0 Å². The van der Waals surface area contributed by atoms with Crippen molar-refractivity contribution in [2.45, 2.75) is 6.92 Å². The summed E-state index contributed by atoms with van der Waals surface area (Å²) in [6.07, 6.45) is 0. The zero-order valence-corrected chi connectivity index (χ0v) is 16.0. The van der Waals surface area contributed by atoms with E-state index in [1.807, 2.05) is 0 Å². The summed E-state index contributed by atoms with van der Waals surface area (Å²) in [5.74, 6) is -0.419. The van der Waals surface area contributed by atoms with Crippen LogP contribution in [0.5, 0.6) is 11.5 Å². The van der Waals surface area contributed by atoms with Gasteiger partial charge in [-0.1, -0.05) is 23.7 Å². The maximum atomic E-state index is 14.2. The van der Waals surface area contributed by atoms with Crippen LogP contribution in [-0.2, 0) is 0 Å². The number of fused-ring (bicyclic) bond motifs is 1. The fraction of sp³-hybridized carbons (Fsp3) is 0.150. The van der Waals surface area contributed by atoms with Crippen LogP contribution in [0.25, 0.3) is 5.69 Å². The lowest BCUT2D eigenvalue weighted by molar-refractivity contribution is 0.101. The molecule has 0 saturated carbocycles. The van der Waals surface area contributed by atoms with E-state index in [-0.39, 0.29) is 16.4 Å². The molecule has 0 aliphatic carbocycles. The summed E-state index contributed by atoms with van der Waals surface area (Å²) in [5.41, 5.74) is -0.253. The predicted octanol–water partition coefficient (Wildman–Crippen LogP) is 3.36. The minimum Gasteiger partial charge on any atom is -0.486 e. The zero-order chi connectivity index (χ0) is 20.5. The number of nitrogens with one attached hydrogen (secondary N) is 1. The topological polar surface area (TPSA) is 82.5 Å². The first-order valence-corrected chi connectivity index (χ1v) is 9.08. The SMILES string of the molecule is Cc1cc(=O)c(C(=O)Nc2cc3c(cc2Cl)OCCO3)nn1-c1ccccc1F. The van der Waals surface area contributed by atoms with Crippen LogP contribution in [0.2, 0.25) is 5.02 Å². The number of aromatic nitrogens is 2. The number of aryl methyl sites for hydroxylation is 1. The van der Waals surface area contributed by atoms with Crippen molar-refractivity contribution < 1.29 is 18.7 Å². The van der Waals surface area contributed by atoms with E-state index in [9.17, 15) is 14.0 Å². The summed E-state index contributed by atoms with van der Waals surface area (Å²) < 4.78 is 26.3. The molecule has 1 aliphatic heterocycles. The molecule has 3 aromatic rings. The van der Waals surface area contributed by atoms with E-state index in [0.717, 1.165) is 0 Å². The fourth-order valence-electron chi connectivity index (χ4n) is 2.91. The lowest BCUT2D eigenvalue weighted by Gasteiger charge is -2.20. The van der Waals surface area contributed by atoms with Crippen LogP contribution >= 0.6 is 11.6 Å². The number of halogens is 2. The first-order chi connectivity index (χ1) is 13.9. The van der Waals surface area contributed by atoms with Crippen LogP contribution in [0.1, 0.15) is 16.2 Å². The van der Waals surface area contributed by atoms with Crippen molar-refractivity contribution in [1.82, 2.24) is 9.78 Å². The van der Waals surface area contributed by atoms with Gasteiger partial charge in [-0.25, -0.2) is 9.07 Å². The molecule has 2 heterocycles. The first kappa shape index (κ1) is 18.9. The molecule has 2 aromatic carbocycles. The molecular weight excluding hydrogens is 401 g/mol. The van der Waals surface area contributed by atoms with E-state index in [2.05, 4.69) is 10.4 Å². The number of nitrogens with zero attached hydrogens (tertiary/aromatic N) is 2. The van der Waals surface area contributed by atoms with Gasteiger partial charge in [-0.05, 0) is 19.1 Å². The smallest absolute Gasteiger partial charge is 0.280 e. The van der Waals surface area contributed by atoms with Gasteiger partial charge in [-0.3, -0.25) is 9.59 Å². The maximum Gasteiger partial charge on any atom is 0.280 e. The highest BCUT2D eigenvalue weighted by atomic mass is 35.5. The normalized spacial score (nSPS) is 12.5. The van der Waals surface area contributed by atoms with Crippen LogP contribution in [0.15, 0.2) is 47.3 Å². The molecule has 0 saturated heterocycles. The average Bonchev–Trinajstić information content (AvgIpc) is 2.69. The largest absolute Gasteiger partial charge is 0.486 e. The lowest BCUT2D eigenvalue weighted by atomic mass is 10.2. The summed E-state index contributed by atoms with van der Waals surface area (Å²) in [5, 5.41) is 6.84. The summed E-state index contributed by atoms with van der Waals surface area (Å²) in [7, 11) is 0. The molecule has 0 atom stereocenters. The van der Waals surface area contributed by atoms with Crippen LogP contribution in [0, 0.1) is 12.7 Å². The summed E-state index contributed by atoms with van der Waals surface area (Å²) in [6.45, 7) is 2.37. The van der Waals surface area contributed by atoms with Gasteiger partial charge in [-0.15, -0.1) is 0 Å². The van der Waals surface area contributed by atoms with Gasteiger partial charge in [0.25, 0.3) is 5.91 Å². The molecule has 29 heavy (non-hydrogen) atoms. The van der Waals surface area contributed by atoms with Crippen molar-refractivity contribution in [2.24, 2.45) is 0 Å². The Kier molecular flexibility index (Phi) is 4.94. The van der Waals surface area contributed by atoms with Gasteiger partial charge >= 0.3 is 0 Å². The van der Waals surface area contributed by atoms with E-state index in [1.54, 1.807) is 13.0 Å². The third-order valence-corrected chi connectivity index (χ3v) is 4.60. The number of carbonyl (C=O) groups excluding carboxylic acids is 1. The van der Waals surface area contributed by atoms with Gasteiger partial charge in [0.2, 0.25) is 5.43 Å². The molecule has 148 valence electrons. The van der Waals surface area contributed by atoms with E-state index < -0.39 is 22.8 Å². The average molecular weight is 416 g/mol. The van der Waals surface area contributed by atoms with Crippen molar-refractivity contribution in [2.75, 3.05) is 18.5 Å². The quantitative estimate of drug-likeness (QED) is 0.709. The van der Waals surface area contributed by atoms with Gasteiger partial charge in [0.05, 0.1) is 10.7 Å². The number of amides is 1. The van der Waals surface area contributed by atoms with Crippen LogP contribution in [0.4, 0.5) is 10.1 Å². The molecule has 0 unspecified atom stereocenters. The maximum absolute atomic E-state index is 14.2. The standard InChI is InChI=1S/C20H15ClFN3O4/c1-11-8-16(26)19(24-25(11)15-5-3-2-4-13(15)22)20(27)23-14-10-18-17(9-12(14)21)28-6-7-29-18/h2-5,8-10H,6-7H2,1H3,(H,23,27). The van der Waals surface area contributed by atoms with Crippen molar-refractivity contribution in [3.8, 4) is 17.2 Å². The minimum absolute atomic E-state index is 0.122. The van der Waals surface area contributed by atoms with Crippen LogP contribution in [-0.4, -0.2) is 28.9 Å². The van der Waals surface area contributed by atoms with Gasteiger partial charge in [0, 0.05) is 23.9 Å². The Balaban J connectivity index is 1.70. The number of carbonyl (C=O) groups is 1. The summed E-state index contributed by atoms with van der Waals surface area (Å²) >= 11 is 6.20. The van der Waals surface area contributed by atoms with Crippen LogP contribution in [0.3, 0.4) is 0 Å². The molecule has 1 aromatic heterocycles. The number of benzene rings is 2. The van der Waals surface area contributed by atoms with Crippen molar-refractivity contribution in [3.05, 3.63) is 74.9 Å². The van der Waals surface area contributed by atoms with Gasteiger partial charge in [-0.2, -0.15) is 5.10 Å². The number of hydrogen-bond acceptors (Lipinski definition) is 5. The third kappa shape index (κ3) is 3.66. The number of ether oxygens (including phenoxy) is 2. The molecular formula is C20H15ClFN3O4. The molecule has 0 radical (unpaired) electrons. The second kappa shape index (κ2) is 7.56. The van der Waals surface area contributed by atoms with Gasteiger partial charge in [0.1, 0.15) is 24.7 Å². The van der Waals surface area contributed by atoms with E-state index in [0.29, 0.717) is 30.4 Å². The number of hydrogen-bond donors (Lipinski definition) is 1. The van der Waals surface area contributed by atoms with E-state index in [4.69, 9.17) is 21.1 Å². The van der Waals surface area contributed by atoms with Gasteiger partial charge in [0.15, 0.2) is 17.2 Å². The summed E-state index contributed by atoms with van der Waals surface area (Å²) in [4.78, 5) is 25.1. The molecule has 1 amide bonds. The molecule has 0 spiro atoms. The molecule has 9 heteroatoms. The second-order valence-electron chi connectivity index (χ2n) is 6.29. The highest BCUT2D eigenvalue weighted by molar-refractivity contribution is 6.34. The molecule has 0 bridgehead atoms. The van der Waals surface area contributed by atoms with Crippen molar-refractivity contribution in [3.63, 3.8) is 0 Å². The Morgan fingerprint density at radius 1 is 1.17 bits per heavy atom. The highest BCUT2D eigenvalue weighted by Gasteiger charge is 2.20. The predicted molar refractivity (Wildman–Crippen MR) is 105 cm³/mol. The molecule has 1 aliphatic rings. The molecule has 0 fully saturated rings. The monoisotopic (exact) mass is 415 g/mol. The third-order valence-electron chi connectivity index (χ3n) is 4.28. The Labute approximate surface area is 169 Å². The Bertz CT molecular complexity index is 1180. The Morgan fingerprint density at radius 2 is 1.86 bits per heavy atom. The van der Waals surface area contributed by atoms with E-state index in [1.165, 1.54) is 41.1 Å². The Hall–Kier alpha value is -3.39. The van der Waals surface area contributed by atoms with Crippen LogP contribution < -0.4 is 20.2 Å². The number of anilines is 1. The first-order valence-electron chi connectivity index (χ1n) is 8.70. The molecule has 4 rings (SSSR count). The summed E-state index contributed by atoms with van der Waals surface area (Å²) in [6, 6.07) is 10.2. The number of rotatable bonds is 3. The number of para-hydroxylation sites is 1. The molecule has 1 N–H and O–H groups in total. The molecule has 7 nitrogen and oxygen atoms in total. The second-order valence-corrected chi connectivity index (χ2v) is 6.70. The fourth-order valence-corrected chi connectivity index (χ4v) is 3.11. The van der Waals surface area contributed by atoms with Crippen molar-refractivity contribution >= 4 is 23.2 Å². The minimum atomic E-state index is -0.779. The Morgan fingerprint density at radius 3 is 2.59 bits per heavy atom. The lowest BCUT2D eigenvalue weighted by Crippen LogP contribution is -2.27. The van der Waals surface area contributed by atoms with Gasteiger partial charge < -0.3 is 14.8 Å². The highest BCUT2D eigenvalue weighted by Crippen LogP contribution is 2.38. The van der Waals surface area contributed by atoms with E-state index >= 15 is 0 Å².